The number of furan rings is 1. The van der Waals surface area contributed by atoms with Gasteiger partial charge in [-0.05, 0) is 43.5 Å². The molecule has 3 rings (SSSR count). The summed E-state index contributed by atoms with van der Waals surface area (Å²) in [5.74, 6) is 0. The van der Waals surface area contributed by atoms with Gasteiger partial charge in [-0.15, -0.1) is 0 Å². The lowest BCUT2D eigenvalue weighted by atomic mass is 9.85. The zero-order chi connectivity index (χ0) is 12.4. The van der Waals surface area contributed by atoms with Crippen LogP contribution in [0.2, 0.25) is 0 Å². The quantitative estimate of drug-likeness (QED) is 0.870. The molecule has 2 heteroatoms. The Morgan fingerprint density at radius 2 is 2.00 bits per heavy atom. The van der Waals surface area contributed by atoms with E-state index in [9.17, 15) is 0 Å². The first-order valence-corrected chi connectivity index (χ1v) is 6.59. The molecule has 0 spiro atoms. The monoisotopic (exact) mass is 241 g/mol. The highest BCUT2D eigenvalue weighted by Crippen LogP contribution is 2.51. The molecule has 0 bridgehead atoms. The molecule has 1 aromatic carbocycles. The lowest BCUT2D eigenvalue weighted by Gasteiger charge is -2.27. The molecular weight excluding hydrogens is 222 g/mol. The van der Waals surface area contributed by atoms with Crippen LogP contribution in [0.5, 0.6) is 0 Å². The standard InChI is InChI=1S/C16H19NO/c1-17-15(11-13-7-10-18-12-13)16(8-9-16)14-5-3-2-4-6-14/h2-7,10,12,15,17H,8-9,11H2,1H3. The molecule has 18 heavy (non-hydrogen) atoms. The predicted molar refractivity (Wildman–Crippen MR) is 72.6 cm³/mol. The first kappa shape index (κ1) is 11.5. The predicted octanol–water partition coefficient (Wildman–Crippen LogP) is 3.14. The Kier molecular flexibility index (Phi) is 2.96. The Labute approximate surface area is 108 Å². The zero-order valence-corrected chi connectivity index (χ0v) is 10.7. The topological polar surface area (TPSA) is 25.2 Å². The number of nitrogens with one attached hydrogen (secondary N) is 1. The number of rotatable bonds is 5. The highest BCUT2D eigenvalue weighted by molar-refractivity contribution is 5.34. The third kappa shape index (κ3) is 1.97. The smallest absolute Gasteiger partial charge is 0.0935 e. The molecule has 1 fully saturated rings. The van der Waals surface area contributed by atoms with Crippen molar-refractivity contribution in [2.75, 3.05) is 7.05 Å². The summed E-state index contributed by atoms with van der Waals surface area (Å²) in [5.41, 5.74) is 3.07. The summed E-state index contributed by atoms with van der Waals surface area (Å²) in [6.07, 6.45) is 7.19. The fourth-order valence-electron chi connectivity index (χ4n) is 2.96. The number of hydrogen-bond acceptors (Lipinski definition) is 2. The second kappa shape index (κ2) is 4.62. The molecule has 1 aromatic heterocycles. The van der Waals surface area contributed by atoms with Crippen molar-refractivity contribution in [3.8, 4) is 0 Å². The highest BCUT2D eigenvalue weighted by atomic mass is 16.3. The van der Waals surface area contributed by atoms with E-state index in [2.05, 4.69) is 48.8 Å². The van der Waals surface area contributed by atoms with Crippen molar-refractivity contribution in [3.63, 3.8) is 0 Å². The minimum Gasteiger partial charge on any atom is -0.472 e. The molecule has 1 atom stereocenters. The van der Waals surface area contributed by atoms with Crippen LogP contribution in [0.25, 0.3) is 0 Å². The molecule has 0 amide bonds. The van der Waals surface area contributed by atoms with Crippen LogP contribution in [0, 0.1) is 0 Å². The largest absolute Gasteiger partial charge is 0.472 e. The van der Waals surface area contributed by atoms with Crippen molar-refractivity contribution in [2.24, 2.45) is 0 Å². The molecule has 1 saturated carbocycles. The molecule has 2 nitrogen and oxygen atoms in total. The summed E-state index contributed by atoms with van der Waals surface area (Å²) in [4.78, 5) is 0. The van der Waals surface area contributed by atoms with Crippen molar-refractivity contribution in [1.29, 1.82) is 0 Å². The van der Waals surface area contributed by atoms with Gasteiger partial charge in [0.25, 0.3) is 0 Å². The minimum absolute atomic E-state index is 0.327. The van der Waals surface area contributed by atoms with E-state index in [4.69, 9.17) is 4.42 Å². The molecular formula is C16H19NO. The second-order valence-corrected chi connectivity index (χ2v) is 5.20. The van der Waals surface area contributed by atoms with Gasteiger partial charge in [0.15, 0.2) is 0 Å². The summed E-state index contributed by atoms with van der Waals surface area (Å²) in [7, 11) is 2.06. The van der Waals surface area contributed by atoms with Crippen LogP contribution in [0.4, 0.5) is 0 Å². The van der Waals surface area contributed by atoms with Crippen molar-refractivity contribution in [1.82, 2.24) is 5.32 Å². The highest BCUT2D eigenvalue weighted by Gasteiger charge is 2.49. The van der Waals surface area contributed by atoms with Crippen LogP contribution in [-0.4, -0.2) is 13.1 Å². The Morgan fingerprint density at radius 1 is 1.22 bits per heavy atom. The van der Waals surface area contributed by atoms with Crippen molar-refractivity contribution < 1.29 is 4.42 Å². The van der Waals surface area contributed by atoms with E-state index < -0.39 is 0 Å². The van der Waals surface area contributed by atoms with Gasteiger partial charge in [0.2, 0.25) is 0 Å². The van der Waals surface area contributed by atoms with Crippen LogP contribution in [-0.2, 0) is 11.8 Å². The van der Waals surface area contributed by atoms with Crippen LogP contribution in [0.15, 0.2) is 53.3 Å². The summed E-state index contributed by atoms with van der Waals surface area (Å²) in [6.45, 7) is 0. The van der Waals surface area contributed by atoms with E-state index >= 15 is 0 Å². The number of benzene rings is 1. The van der Waals surface area contributed by atoms with Gasteiger partial charge in [-0.1, -0.05) is 30.3 Å². The Balaban J connectivity index is 1.83. The van der Waals surface area contributed by atoms with Gasteiger partial charge in [-0.3, -0.25) is 0 Å². The molecule has 94 valence electrons. The summed E-state index contributed by atoms with van der Waals surface area (Å²) in [6, 6.07) is 13.4. The Morgan fingerprint density at radius 3 is 2.56 bits per heavy atom. The number of likely N-dealkylation sites (N-methyl/N-ethyl adjacent to an activating group) is 1. The van der Waals surface area contributed by atoms with Gasteiger partial charge in [0.05, 0.1) is 12.5 Å². The maximum atomic E-state index is 5.17. The molecule has 1 unspecified atom stereocenters. The first-order chi connectivity index (χ1) is 8.85. The molecule has 0 radical (unpaired) electrons. The summed E-state index contributed by atoms with van der Waals surface area (Å²) >= 11 is 0. The number of hydrogen-bond donors (Lipinski definition) is 1. The van der Waals surface area contributed by atoms with Crippen LogP contribution < -0.4 is 5.32 Å². The van der Waals surface area contributed by atoms with Gasteiger partial charge in [0, 0.05) is 11.5 Å². The van der Waals surface area contributed by atoms with Crippen LogP contribution in [0.1, 0.15) is 24.0 Å². The van der Waals surface area contributed by atoms with Gasteiger partial charge in [0.1, 0.15) is 0 Å². The summed E-state index contributed by atoms with van der Waals surface area (Å²) < 4.78 is 5.17. The SMILES string of the molecule is CNC(Cc1ccoc1)C1(c2ccccc2)CC1. The molecule has 0 saturated heterocycles. The average molecular weight is 241 g/mol. The van der Waals surface area contributed by atoms with Gasteiger partial charge >= 0.3 is 0 Å². The fourth-order valence-corrected chi connectivity index (χ4v) is 2.96. The van der Waals surface area contributed by atoms with E-state index in [0.29, 0.717) is 11.5 Å². The molecule has 1 heterocycles. The fraction of sp³-hybridized carbons (Fsp3) is 0.375. The van der Waals surface area contributed by atoms with Gasteiger partial charge < -0.3 is 9.73 Å². The zero-order valence-electron chi connectivity index (χ0n) is 10.7. The molecule has 1 N–H and O–H groups in total. The van der Waals surface area contributed by atoms with E-state index in [-0.39, 0.29) is 0 Å². The Hall–Kier alpha value is -1.54. The van der Waals surface area contributed by atoms with Crippen molar-refractivity contribution in [3.05, 3.63) is 60.1 Å². The lowest BCUT2D eigenvalue weighted by Crippen LogP contribution is -2.39. The van der Waals surface area contributed by atoms with E-state index in [1.807, 2.05) is 6.26 Å². The molecule has 1 aliphatic carbocycles. The average Bonchev–Trinajstić information content (AvgIpc) is 3.07. The molecule has 0 aliphatic heterocycles. The van der Waals surface area contributed by atoms with Gasteiger partial charge in [-0.2, -0.15) is 0 Å². The maximum absolute atomic E-state index is 5.17. The van der Waals surface area contributed by atoms with E-state index in [1.54, 1.807) is 6.26 Å². The van der Waals surface area contributed by atoms with Crippen molar-refractivity contribution in [2.45, 2.75) is 30.7 Å². The third-order valence-corrected chi connectivity index (χ3v) is 4.17. The van der Waals surface area contributed by atoms with E-state index in [1.165, 1.54) is 24.0 Å². The maximum Gasteiger partial charge on any atom is 0.0935 e. The van der Waals surface area contributed by atoms with Crippen LogP contribution in [0.3, 0.4) is 0 Å². The second-order valence-electron chi connectivity index (χ2n) is 5.20. The molecule has 2 aromatic rings. The normalized spacial score (nSPS) is 18.5. The Bertz CT molecular complexity index is 485. The third-order valence-electron chi connectivity index (χ3n) is 4.17. The molecule has 1 aliphatic rings. The summed E-state index contributed by atoms with van der Waals surface area (Å²) in [5, 5.41) is 3.50. The van der Waals surface area contributed by atoms with Crippen molar-refractivity contribution >= 4 is 0 Å². The van der Waals surface area contributed by atoms with Crippen LogP contribution >= 0.6 is 0 Å². The van der Waals surface area contributed by atoms with E-state index in [0.717, 1.165) is 6.42 Å². The van der Waals surface area contributed by atoms with Gasteiger partial charge in [-0.25, -0.2) is 0 Å². The minimum atomic E-state index is 0.327. The first-order valence-electron chi connectivity index (χ1n) is 6.59. The lowest BCUT2D eigenvalue weighted by molar-refractivity contribution is 0.440.